The van der Waals surface area contributed by atoms with E-state index in [2.05, 4.69) is 9.97 Å². The molecular formula is C28H29N3O4. The summed E-state index contributed by atoms with van der Waals surface area (Å²) in [5, 5.41) is 10.4. The van der Waals surface area contributed by atoms with Crippen molar-refractivity contribution in [2.45, 2.75) is 45.5 Å². The number of amides is 1. The highest BCUT2D eigenvalue weighted by atomic mass is 16.5. The van der Waals surface area contributed by atoms with Crippen molar-refractivity contribution in [3.63, 3.8) is 0 Å². The van der Waals surface area contributed by atoms with Gasteiger partial charge in [0.15, 0.2) is 5.58 Å². The number of rotatable bonds is 4. The standard InChI is InChI=1S/C28H29N3O4/c1-17-15-31(16-18(2)34-17)27(32)20-7-5-19(6-8-20)24-14-23-26(35-24)22(10-12-29-23)21-9-11-30-25(13-21)28(3,4)33/h5-14,17-18,33H,15-16H2,1-4H3/t17-,18-/m1/s1. The first-order valence-corrected chi connectivity index (χ1v) is 11.8. The van der Waals surface area contributed by atoms with Crippen molar-refractivity contribution in [1.29, 1.82) is 0 Å². The van der Waals surface area contributed by atoms with Gasteiger partial charge in [-0.3, -0.25) is 14.8 Å². The highest BCUT2D eigenvalue weighted by Gasteiger charge is 2.26. The number of ether oxygens (including phenoxy) is 1. The van der Waals surface area contributed by atoms with Crippen LogP contribution in [-0.4, -0.2) is 51.2 Å². The Morgan fingerprint density at radius 2 is 1.66 bits per heavy atom. The molecule has 1 aliphatic rings. The lowest BCUT2D eigenvalue weighted by molar-refractivity contribution is -0.0586. The van der Waals surface area contributed by atoms with Crippen LogP contribution in [0.15, 0.2) is 65.3 Å². The van der Waals surface area contributed by atoms with Crippen molar-refractivity contribution in [2.24, 2.45) is 0 Å². The lowest BCUT2D eigenvalue weighted by Crippen LogP contribution is -2.48. The topological polar surface area (TPSA) is 88.7 Å². The van der Waals surface area contributed by atoms with Crippen LogP contribution < -0.4 is 0 Å². The van der Waals surface area contributed by atoms with Gasteiger partial charge in [-0.1, -0.05) is 12.1 Å². The van der Waals surface area contributed by atoms with Crippen molar-refractivity contribution in [2.75, 3.05) is 13.1 Å². The van der Waals surface area contributed by atoms with Crippen LogP contribution in [0.4, 0.5) is 0 Å². The van der Waals surface area contributed by atoms with Crippen molar-refractivity contribution in [1.82, 2.24) is 14.9 Å². The van der Waals surface area contributed by atoms with Gasteiger partial charge >= 0.3 is 0 Å². The number of furan rings is 1. The van der Waals surface area contributed by atoms with Crippen LogP contribution in [0.5, 0.6) is 0 Å². The van der Waals surface area contributed by atoms with Crippen molar-refractivity contribution in [3.8, 4) is 22.5 Å². The second kappa shape index (κ2) is 8.91. The maximum Gasteiger partial charge on any atom is 0.254 e. The molecule has 7 heteroatoms. The van der Waals surface area contributed by atoms with Crippen molar-refractivity contribution >= 4 is 17.0 Å². The SMILES string of the molecule is C[C@@H]1CN(C(=O)c2ccc(-c3cc4nccc(-c5ccnc(C(C)(C)O)c5)c4o3)cc2)C[C@@H](C)O1. The summed E-state index contributed by atoms with van der Waals surface area (Å²) in [6.07, 6.45) is 3.48. The fraction of sp³-hybridized carbons (Fsp3) is 0.321. The second-order valence-corrected chi connectivity index (χ2v) is 9.72. The molecule has 35 heavy (non-hydrogen) atoms. The van der Waals surface area contributed by atoms with Gasteiger partial charge < -0.3 is 19.2 Å². The molecule has 0 saturated carbocycles. The number of aliphatic hydroxyl groups is 1. The van der Waals surface area contributed by atoms with Gasteiger partial charge in [-0.05, 0) is 63.6 Å². The maximum absolute atomic E-state index is 13.0. The first-order chi connectivity index (χ1) is 16.7. The molecule has 4 aromatic rings. The smallest absolute Gasteiger partial charge is 0.254 e. The predicted octanol–water partition coefficient (Wildman–Crippen LogP) is 5.03. The van der Waals surface area contributed by atoms with Gasteiger partial charge in [0, 0.05) is 48.2 Å². The minimum absolute atomic E-state index is 0.00686. The molecule has 0 unspecified atom stereocenters. The Balaban J connectivity index is 1.44. The molecule has 0 aliphatic carbocycles. The Bertz CT molecular complexity index is 1360. The number of hydrogen-bond acceptors (Lipinski definition) is 6. The highest BCUT2D eigenvalue weighted by Crippen LogP contribution is 2.34. The van der Waals surface area contributed by atoms with Crippen LogP contribution >= 0.6 is 0 Å². The maximum atomic E-state index is 13.0. The lowest BCUT2D eigenvalue weighted by atomic mass is 10.00. The highest BCUT2D eigenvalue weighted by molar-refractivity contribution is 5.95. The Labute approximate surface area is 204 Å². The van der Waals surface area contributed by atoms with E-state index < -0.39 is 5.60 Å². The number of benzene rings is 1. The fourth-order valence-electron chi connectivity index (χ4n) is 4.54. The lowest BCUT2D eigenvalue weighted by Gasteiger charge is -2.35. The summed E-state index contributed by atoms with van der Waals surface area (Å²) in [6, 6.07) is 15.0. The number of morpholine rings is 1. The number of fused-ring (bicyclic) bond motifs is 1. The summed E-state index contributed by atoms with van der Waals surface area (Å²) in [5.74, 6) is 0.678. The molecule has 1 aromatic carbocycles. The Morgan fingerprint density at radius 1 is 0.971 bits per heavy atom. The summed E-state index contributed by atoms with van der Waals surface area (Å²) >= 11 is 0. The predicted molar refractivity (Wildman–Crippen MR) is 134 cm³/mol. The molecule has 1 fully saturated rings. The number of aromatic nitrogens is 2. The van der Waals surface area contributed by atoms with E-state index in [-0.39, 0.29) is 18.1 Å². The van der Waals surface area contributed by atoms with Crippen LogP contribution in [0.3, 0.4) is 0 Å². The average Bonchev–Trinajstić information content (AvgIpc) is 3.27. The number of carbonyl (C=O) groups excluding carboxylic acids is 1. The van der Waals surface area contributed by atoms with Gasteiger partial charge in [0.1, 0.15) is 16.9 Å². The average molecular weight is 472 g/mol. The van der Waals surface area contributed by atoms with E-state index in [1.54, 1.807) is 26.2 Å². The molecule has 180 valence electrons. The normalized spacial score (nSPS) is 18.7. The van der Waals surface area contributed by atoms with E-state index in [0.717, 1.165) is 22.2 Å². The molecule has 1 aliphatic heterocycles. The van der Waals surface area contributed by atoms with E-state index in [1.165, 1.54) is 0 Å². The van der Waals surface area contributed by atoms with Crippen LogP contribution in [-0.2, 0) is 10.3 Å². The summed E-state index contributed by atoms with van der Waals surface area (Å²) < 4.78 is 12.0. The molecular weight excluding hydrogens is 442 g/mol. The van der Waals surface area contributed by atoms with E-state index in [9.17, 15) is 9.90 Å². The zero-order valence-corrected chi connectivity index (χ0v) is 20.4. The van der Waals surface area contributed by atoms with Gasteiger partial charge in [0.2, 0.25) is 0 Å². The summed E-state index contributed by atoms with van der Waals surface area (Å²) in [5.41, 5.74) is 4.18. The molecule has 1 amide bonds. The Hall–Kier alpha value is -3.55. The number of hydrogen-bond donors (Lipinski definition) is 1. The molecule has 0 spiro atoms. The molecule has 5 rings (SSSR count). The van der Waals surface area contributed by atoms with Gasteiger partial charge in [0.25, 0.3) is 5.91 Å². The summed E-state index contributed by atoms with van der Waals surface area (Å²) in [6.45, 7) is 8.57. The molecule has 0 radical (unpaired) electrons. The zero-order valence-electron chi connectivity index (χ0n) is 20.4. The molecule has 3 aromatic heterocycles. The van der Waals surface area contributed by atoms with Crippen LogP contribution in [0, 0.1) is 0 Å². The molecule has 0 bridgehead atoms. The van der Waals surface area contributed by atoms with E-state index >= 15 is 0 Å². The second-order valence-electron chi connectivity index (χ2n) is 9.72. The van der Waals surface area contributed by atoms with Crippen LogP contribution in [0.25, 0.3) is 33.6 Å². The minimum atomic E-state index is -1.05. The monoisotopic (exact) mass is 471 g/mol. The van der Waals surface area contributed by atoms with Crippen LogP contribution in [0.1, 0.15) is 43.7 Å². The first-order valence-electron chi connectivity index (χ1n) is 11.8. The fourth-order valence-corrected chi connectivity index (χ4v) is 4.54. The van der Waals surface area contributed by atoms with Gasteiger partial charge in [-0.25, -0.2) is 0 Å². The van der Waals surface area contributed by atoms with Crippen molar-refractivity contribution < 1.29 is 19.1 Å². The third-order valence-electron chi connectivity index (χ3n) is 6.23. The number of carbonyl (C=O) groups is 1. The first kappa shape index (κ1) is 23.2. The molecule has 4 heterocycles. The van der Waals surface area contributed by atoms with Crippen molar-refractivity contribution in [3.05, 3.63) is 72.2 Å². The number of pyridine rings is 2. The van der Waals surface area contributed by atoms with E-state index in [1.807, 2.05) is 67.3 Å². The quantitative estimate of drug-likeness (QED) is 0.449. The number of nitrogens with zero attached hydrogens (tertiary/aromatic N) is 3. The van der Waals surface area contributed by atoms with E-state index in [4.69, 9.17) is 9.15 Å². The Kier molecular flexibility index (Phi) is 5.91. The van der Waals surface area contributed by atoms with Crippen LogP contribution in [0.2, 0.25) is 0 Å². The molecule has 7 nitrogen and oxygen atoms in total. The third kappa shape index (κ3) is 4.70. The minimum Gasteiger partial charge on any atom is -0.454 e. The van der Waals surface area contributed by atoms with E-state index in [0.29, 0.717) is 35.7 Å². The summed E-state index contributed by atoms with van der Waals surface area (Å²) in [4.78, 5) is 23.6. The molecule has 1 saturated heterocycles. The zero-order chi connectivity index (χ0) is 24.7. The van der Waals surface area contributed by atoms with Gasteiger partial charge in [-0.15, -0.1) is 0 Å². The Morgan fingerprint density at radius 3 is 2.34 bits per heavy atom. The molecule has 1 N–H and O–H groups in total. The molecule has 2 atom stereocenters. The van der Waals surface area contributed by atoms with Gasteiger partial charge in [-0.2, -0.15) is 0 Å². The third-order valence-corrected chi connectivity index (χ3v) is 6.23. The largest absolute Gasteiger partial charge is 0.454 e. The van der Waals surface area contributed by atoms with Gasteiger partial charge in [0.05, 0.1) is 17.9 Å². The summed E-state index contributed by atoms with van der Waals surface area (Å²) in [7, 11) is 0.